The SMILES string of the molecule is CO[C@H]1CCC[C@@H](Nc2nnc(-c3ccc(C(F)(F)F)cc3OC(F)F)c3ccc([C@]4(O)CCC[C@@H](Nc5nnc(-c6ccc(C(F)(F)F)cc6OC(F)F)c6cccn56)C4)n23)C1. The van der Waals surface area contributed by atoms with Crippen LogP contribution in [-0.2, 0) is 22.7 Å². The molecule has 4 aromatic heterocycles. The fourth-order valence-corrected chi connectivity index (χ4v) is 8.58. The van der Waals surface area contributed by atoms with Crippen molar-refractivity contribution in [1.82, 2.24) is 29.2 Å². The van der Waals surface area contributed by atoms with E-state index in [9.17, 15) is 49.0 Å². The van der Waals surface area contributed by atoms with Crippen LogP contribution in [0.4, 0.5) is 55.8 Å². The largest absolute Gasteiger partial charge is 0.434 e. The normalized spacial score (nSPS) is 21.1. The van der Waals surface area contributed by atoms with Gasteiger partial charge in [-0.05, 0) is 106 Å². The second-order valence-electron chi connectivity index (χ2n) is 15.5. The topological polar surface area (TPSA) is 132 Å². The van der Waals surface area contributed by atoms with Crippen LogP contribution in [0.15, 0.2) is 66.9 Å². The van der Waals surface area contributed by atoms with Crippen molar-refractivity contribution in [2.75, 3.05) is 17.7 Å². The zero-order chi connectivity index (χ0) is 44.8. The zero-order valence-corrected chi connectivity index (χ0v) is 33.0. The summed E-state index contributed by atoms with van der Waals surface area (Å²) in [5, 5.41) is 36.4. The molecule has 12 nitrogen and oxygen atoms in total. The van der Waals surface area contributed by atoms with E-state index in [2.05, 4.69) is 40.5 Å². The fraction of sp³-hybridized carbons (Fsp3) is 0.415. The first kappa shape index (κ1) is 43.7. The molecule has 4 heterocycles. The predicted octanol–water partition coefficient (Wildman–Crippen LogP) is 9.96. The lowest BCUT2D eigenvalue weighted by molar-refractivity contribution is -0.138. The second kappa shape index (κ2) is 17.0. The summed E-state index contributed by atoms with van der Waals surface area (Å²) < 4.78 is 153. The van der Waals surface area contributed by atoms with Gasteiger partial charge in [-0.25, -0.2) is 0 Å². The highest BCUT2D eigenvalue weighted by Gasteiger charge is 2.40. The lowest BCUT2D eigenvalue weighted by Crippen LogP contribution is -2.40. The van der Waals surface area contributed by atoms with Gasteiger partial charge in [0.25, 0.3) is 0 Å². The number of rotatable bonds is 12. The molecule has 22 heteroatoms. The molecular formula is C41H38F10N8O4. The standard InChI is InChI=1S/C41H38F10N8O4/c1-61-25-7-2-5-23(19-25)52-38-57-55-34(27-12-10-22(41(49,50)51)18-31(27)63-36(44)45)29-13-14-32(59(29)38)39(60)15-3-6-24(20-39)53-37-56-54-33(28-8-4-16-58(28)37)26-11-9-21(40(46,47)48)17-30(26)62-35(42)43/h4,8-14,16-18,23-25,35-36,60H,2-3,5-7,15,19-20H2,1H3,(H,52,57)(H,53,56)/t23-,24-,25+,39+/m1/s1. The maximum atomic E-state index is 13.7. The highest BCUT2D eigenvalue weighted by molar-refractivity contribution is 5.83. The Morgan fingerprint density at radius 3 is 1.90 bits per heavy atom. The van der Waals surface area contributed by atoms with Crippen LogP contribution in [0.3, 0.4) is 0 Å². The summed E-state index contributed by atoms with van der Waals surface area (Å²) in [7, 11) is 1.61. The molecule has 0 saturated heterocycles. The highest BCUT2D eigenvalue weighted by Crippen LogP contribution is 2.44. The Bertz CT molecular complexity index is 2600. The third-order valence-electron chi connectivity index (χ3n) is 11.4. The Kier molecular flexibility index (Phi) is 11.8. The molecule has 2 saturated carbocycles. The first-order valence-electron chi connectivity index (χ1n) is 19.8. The minimum atomic E-state index is -4.87. The van der Waals surface area contributed by atoms with E-state index in [1.165, 1.54) is 4.40 Å². The minimum absolute atomic E-state index is 0.0445. The molecule has 0 bridgehead atoms. The van der Waals surface area contributed by atoms with Crippen LogP contribution in [0.25, 0.3) is 33.5 Å². The second-order valence-corrected chi connectivity index (χ2v) is 15.5. The summed E-state index contributed by atoms with van der Waals surface area (Å²) in [4.78, 5) is 0. The smallest absolute Gasteiger partial charge is 0.416 e. The van der Waals surface area contributed by atoms with Crippen LogP contribution < -0.4 is 20.1 Å². The molecule has 4 atom stereocenters. The number of nitrogens with one attached hydrogen (secondary N) is 2. The first-order valence-corrected chi connectivity index (χ1v) is 19.8. The van der Waals surface area contributed by atoms with Crippen molar-refractivity contribution >= 4 is 22.9 Å². The molecule has 3 N–H and O–H groups in total. The van der Waals surface area contributed by atoms with E-state index in [4.69, 9.17) is 4.74 Å². The minimum Gasteiger partial charge on any atom is -0.434 e. The molecule has 2 aromatic carbocycles. The molecule has 8 rings (SSSR count). The van der Waals surface area contributed by atoms with Crippen molar-refractivity contribution in [1.29, 1.82) is 0 Å². The van der Waals surface area contributed by atoms with Gasteiger partial charge in [-0.1, -0.05) is 0 Å². The predicted molar refractivity (Wildman–Crippen MR) is 207 cm³/mol. The van der Waals surface area contributed by atoms with Gasteiger partial charge < -0.3 is 30.0 Å². The molecule has 2 aliphatic rings. The molecule has 6 aromatic rings. The van der Waals surface area contributed by atoms with E-state index >= 15 is 0 Å². The summed E-state index contributed by atoms with van der Waals surface area (Å²) in [6.07, 6.45) is -3.93. The molecule has 0 spiro atoms. The number of halogens is 10. The van der Waals surface area contributed by atoms with Gasteiger partial charge in [-0.3, -0.25) is 8.80 Å². The maximum Gasteiger partial charge on any atom is 0.416 e. The Balaban J connectivity index is 1.16. The highest BCUT2D eigenvalue weighted by atomic mass is 19.4. The molecule has 0 unspecified atom stereocenters. The van der Waals surface area contributed by atoms with Gasteiger partial charge in [0.1, 0.15) is 28.5 Å². The number of aromatic nitrogens is 6. The van der Waals surface area contributed by atoms with Crippen molar-refractivity contribution < 1.29 is 63.2 Å². The lowest BCUT2D eigenvalue weighted by atomic mass is 9.79. The van der Waals surface area contributed by atoms with E-state index < -0.39 is 59.8 Å². The van der Waals surface area contributed by atoms with Crippen LogP contribution >= 0.6 is 0 Å². The third-order valence-corrected chi connectivity index (χ3v) is 11.4. The van der Waals surface area contributed by atoms with Gasteiger partial charge in [0.05, 0.1) is 34.0 Å². The molecule has 2 fully saturated rings. The average Bonchev–Trinajstić information content (AvgIpc) is 3.91. The lowest BCUT2D eigenvalue weighted by Gasteiger charge is -2.37. The fourth-order valence-electron chi connectivity index (χ4n) is 8.58. The molecule has 336 valence electrons. The van der Waals surface area contributed by atoms with E-state index in [0.29, 0.717) is 37.1 Å². The number of fused-ring (bicyclic) bond motifs is 2. The van der Waals surface area contributed by atoms with Gasteiger partial charge in [0, 0.05) is 42.9 Å². The molecule has 0 amide bonds. The summed E-state index contributed by atoms with van der Waals surface area (Å²) in [6, 6.07) is 9.97. The molecular weight excluding hydrogens is 858 g/mol. The summed E-state index contributed by atoms with van der Waals surface area (Å²) in [5.41, 5.74) is -3.73. The number of alkyl halides is 10. The zero-order valence-electron chi connectivity index (χ0n) is 33.0. The molecule has 2 aliphatic carbocycles. The Morgan fingerprint density at radius 1 is 0.714 bits per heavy atom. The van der Waals surface area contributed by atoms with Crippen LogP contribution in [-0.4, -0.2) is 72.8 Å². The number of anilines is 2. The van der Waals surface area contributed by atoms with Gasteiger partial charge in [0.2, 0.25) is 11.9 Å². The van der Waals surface area contributed by atoms with Crippen molar-refractivity contribution in [3.8, 4) is 34.0 Å². The number of ether oxygens (including phenoxy) is 3. The van der Waals surface area contributed by atoms with Crippen molar-refractivity contribution in [3.05, 3.63) is 83.7 Å². The van der Waals surface area contributed by atoms with E-state index in [1.54, 1.807) is 42.0 Å². The van der Waals surface area contributed by atoms with Crippen LogP contribution in [0.1, 0.15) is 68.2 Å². The van der Waals surface area contributed by atoms with Crippen molar-refractivity contribution in [2.24, 2.45) is 0 Å². The number of benzene rings is 2. The van der Waals surface area contributed by atoms with Gasteiger partial charge in [-0.15, -0.1) is 20.4 Å². The maximum absolute atomic E-state index is 13.7. The first-order chi connectivity index (χ1) is 29.9. The number of nitrogens with zero attached hydrogens (tertiary/aromatic N) is 6. The van der Waals surface area contributed by atoms with Crippen LogP contribution in [0.2, 0.25) is 0 Å². The Labute approximate surface area is 351 Å². The molecule has 63 heavy (non-hydrogen) atoms. The Hall–Kier alpha value is -5.90. The van der Waals surface area contributed by atoms with Gasteiger partial charge in [0.15, 0.2) is 0 Å². The number of hydrogen-bond acceptors (Lipinski definition) is 10. The average molecular weight is 897 g/mol. The quantitative estimate of drug-likeness (QED) is 0.102. The van der Waals surface area contributed by atoms with Crippen LogP contribution in [0, 0.1) is 0 Å². The Morgan fingerprint density at radius 2 is 1.30 bits per heavy atom. The summed E-state index contributed by atoms with van der Waals surface area (Å²) in [6.45, 7) is -6.91. The number of hydrogen-bond donors (Lipinski definition) is 3. The number of aliphatic hydroxyl groups is 1. The van der Waals surface area contributed by atoms with Gasteiger partial charge in [-0.2, -0.15) is 43.9 Å². The van der Waals surface area contributed by atoms with Crippen LogP contribution in [0.5, 0.6) is 11.5 Å². The monoisotopic (exact) mass is 896 g/mol. The third kappa shape index (κ3) is 9.00. The molecule has 0 radical (unpaired) electrons. The summed E-state index contributed by atoms with van der Waals surface area (Å²) >= 11 is 0. The van der Waals surface area contributed by atoms with E-state index in [-0.39, 0.29) is 70.4 Å². The van der Waals surface area contributed by atoms with Crippen molar-refractivity contribution in [3.63, 3.8) is 0 Å². The molecule has 0 aliphatic heterocycles. The van der Waals surface area contributed by atoms with E-state index in [0.717, 1.165) is 43.5 Å². The van der Waals surface area contributed by atoms with Crippen molar-refractivity contribution in [2.45, 2.75) is 101 Å². The number of methoxy groups -OCH3 is 1. The van der Waals surface area contributed by atoms with Gasteiger partial charge >= 0.3 is 25.6 Å². The van der Waals surface area contributed by atoms with E-state index in [1.807, 2.05) is 0 Å². The summed E-state index contributed by atoms with van der Waals surface area (Å²) in [5.74, 6) is -1.20.